The number of pyridine rings is 1. The minimum Gasteiger partial charge on any atom is -0.481 e. The maximum Gasteiger partial charge on any atom is 0.307 e. The van der Waals surface area contributed by atoms with Gasteiger partial charge in [-0.15, -0.1) is 0 Å². The van der Waals surface area contributed by atoms with E-state index in [0.29, 0.717) is 0 Å². The Bertz CT molecular complexity index is 557. The SMILES string of the molecule is O=C(O)Cc1ccc(Sc2ccncc2Br)cc1. The molecule has 1 heterocycles. The van der Waals surface area contributed by atoms with E-state index in [4.69, 9.17) is 5.11 Å². The van der Waals surface area contributed by atoms with Crippen LogP contribution in [0.25, 0.3) is 0 Å². The number of halogens is 1. The zero-order valence-corrected chi connectivity index (χ0v) is 11.7. The molecule has 1 aromatic heterocycles. The molecule has 0 amide bonds. The van der Waals surface area contributed by atoms with Crippen LogP contribution in [0.4, 0.5) is 0 Å². The number of nitrogens with zero attached hydrogens (tertiary/aromatic N) is 1. The number of hydrogen-bond acceptors (Lipinski definition) is 3. The second kappa shape index (κ2) is 6.02. The Morgan fingerprint density at radius 1 is 1.28 bits per heavy atom. The summed E-state index contributed by atoms with van der Waals surface area (Å²) in [6.45, 7) is 0. The first kappa shape index (κ1) is 13.1. The minimum atomic E-state index is -0.813. The van der Waals surface area contributed by atoms with Crippen LogP contribution in [-0.2, 0) is 11.2 Å². The second-order valence-corrected chi connectivity index (χ2v) is 5.59. The molecule has 0 saturated heterocycles. The predicted octanol–water partition coefficient (Wildman–Crippen LogP) is 3.62. The van der Waals surface area contributed by atoms with Crippen molar-refractivity contribution >= 4 is 33.7 Å². The largest absolute Gasteiger partial charge is 0.481 e. The van der Waals surface area contributed by atoms with E-state index in [1.165, 1.54) is 0 Å². The Labute approximate surface area is 117 Å². The third kappa shape index (κ3) is 3.58. The van der Waals surface area contributed by atoms with Crippen molar-refractivity contribution in [2.45, 2.75) is 16.2 Å². The molecule has 2 rings (SSSR count). The Kier molecular flexibility index (Phi) is 4.38. The van der Waals surface area contributed by atoms with Crippen molar-refractivity contribution in [2.24, 2.45) is 0 Å². The van der Waals surface area contributed by atoms with E-state index in [9.17, 15) is 4.79 Å². The van der Waals surface area contributed by atoms with Crippen LogP contribution in [0.3, 0.4) is 0 Å². The Hall–Kier alpha value is -1.33. The first-order valence-electron chi connectivity index (χ1n) is 5.23. The van der Waals surface area contributed by atoms with Gasteiger partial charge in [0, 0.05) is 26.7 Å². The lowest BCUT2D eigenvalue weighted by atomic mass is 10.2. The fourth-order valence-corrected chi connectivity index (χ4v) is 2.72. The first-order valence-corrected chi connectivity index (χ1v) is 6.84. The number of carboxylic acid groups (broad SMARTS) is 1. The van der Waals surface area contributed by atoms with Crippen molar-refractivity contribution in [3.63, 3.8) is 0 Å². The first-order chi connectivity index (χ1) is 8.65. The van der Waals surface area contributed by atoms with Gasteiger partial charge in [0.2, 0.25) is 0 Å². The molecule has 0 aliphatic rings. The molecule has 0 aliphatic heterocycles. The summed E-state index contributed by atoms with van der Waals surface area (Å²) in [5, 5.41) is 8.69. The van der Waals surface area contributed by atoms with E-state index in [1.807, 2.05) is 30.3 Å². The molecule has 0 radical (unpaired) electrons. The number of carboxylic acids is 1. The van der Waals surface area contributed by atoms with Crippen molar-refractivity contribution in [1.82, 2.24) is 4.98 Å². The molecule has 0 atom stereocenters. The van der Waals surface area contributed by atoms with Gasteiger partial charge >= 0.3 is 5.97 Å². The van der Waals surface area contributed by atoms with Crippen molar-refractivity contribution < 1.29 is 9.90 Å². The van der Waals surface area contributed by atoms with Gasteiger partial charge in [0.05, 0.1) is 6.42 Å². The lowest BCUT2D eigenvalue weighted by Gasteiger charge is -2.04. The van der Waals surface area contributed by atoms with E-state index in [1.54, 1.807) is 24.2 Å². The molecule has 18 heavy (non-hydrogen) atoms. The molecule has 0 bridgehead atoms. The van der Waals surface area contributed by atoms with Gasteiger partial charge in [0.25, 0.3) is 0 Å². The van der Waals surface area contributed by atoms with Crippen LogP contribution in [0, 0.1) is 0 Å². The van der Waals surface area contributed by atoms with Crippen LogP contribution >= 0.6 is 27.7 Å². The summed E-state index contributed by atoms with van der Waals surface area (Å²) >= 11 is 5.05. The summed E-state index contributed by atoms with van der Waals surface area (Å²) < 4.78 is 0.949. The summed E-state index contributed by atoms with van der Waals surface area (Å²) in [6, 6.07) is 9.46. The molecule has 0 fully saturated rings. The number of aliphatic carboxylic acids is 1. The molecular weight excluding hydrogens is 314 g/mol. The molecule has 0 saturated carbocycles. The lowest BCUT2D eigenvalue weighted by molar-refractivity contribution is -0.136. The zero-order chi connectivity index (χ0) is 13.0. The number of hydrogen-bond donors (Lipinski definition) is 1. The van der Waals surface area contributed by atoms with Crippen LogP contribution in [0.5, 0.6) is 0 Å². The topological polar surface area (TPSA) is 50.2 Å². The maximum absolute atomic E-state index is 10.6. The molecular formula is C13H10BrNO2S. The van der Waals surface area contributed by atoms with Crippen LogP contribution in [0.1, 0.15) is 5.56 Å². The average molecular weight is 324 g/mol. The monoisotopic (exact) mass is 323 g/mol. The van der Waals surface area contributed by atoms with Gasteiger partial charge in [0.1, 0.15) is 0 Å². The third-order valence-corrected chi connectivity index (χ3v) is 4.22. The highest BCUT2D eigenvalue weighted by Crippen LogP contribution is 2.32. The molecule has 0 unspecified atom stereocenters. The Morgan fingerprint density at radius 2 is 2.00 bits per heavy atom. The predicted molar refractivity (Wildman–Crippen MR) is 73.8 cm³/mol. The number of rotatable bonds is 4. The van der Waals surface area contributed by atoms with Gasteiger partial charge in [-0.05, 0) is 39.7 Å². The molecule has 3 nitrogen and oxygen atoms in total. The van der Waals surface area contributed by atoms with Gasteiger partial charge in [0.15, 0.2) is 0 Å². The summed E-state index contributed by atoms with van der Waals surface area (Å²) in [6.07, 6.45) is 3.55. The summed E-state index contributed by atoms with van der Waals surface area (Å²) in [5.41, 5.74) is 0.806. The highest BCUT2D eigenvalue weighted by molar-refractivity contribution is 9.10. The van der Waals surface area contributed by atoms with Gasteiger partial charge in [-0.25, -0.2) is 0 Å². The fourth-order valence-electron chi connectivity index (χ4n) is 1.42. The maximum atomic E-state index is 10.6. The Balaban J connectivity index is 2.11. The van der Waals surface area contributed by atoms with E-state index >= 15 is 0 Å². The highest BCUT2D eigenvalue weighted by Gasteiger charge is 2.03. The van der Waals surface area contributed by atoms with Gasteiger partial charge in [-0.1, -0.05) is 23.9 Å². The zero-order valence-electron chi connectivity index (χ0n) is 9.34. The molecule has 5 heteroatoms. The summed E-state index contributed by atoms with van der Waals surface area (Å²) in [4.78, 5) is 16.7. The average Bonchev–Trinajstić information content (AvgIpc) is 2.34. The van der Waals surface area contributed by atoms with E-state index < -0.39 is 5.97 Å². The van der Waals surface area contributed by atoms with Crippen LogP contribution in [-0.4, -0.2) is 16.1 Å². The molecule has 2 aromatic rings. The van der Waals surface area contributed by atoms with Crippen molar-refractivity contribution in [3.8, 4) is 0 Å². The van der Waals surface area contributed by atoms with Crippen LogP contribution in [0.15, 0.2) is 57.0 Å². The van der Waals surface area contributed by atoms with Crippen molar-refractivity contribution in [1.29, 1.82) is 0 Å². The van der Waals surface area contributed by atoms with Gasteiger partial charge in [-0.3, -0.25) is 9.78 Å². The van der Waals surface area contributed by atoms with E-state index in [0.717, 1.165) is 19.8 Å². The molecule has 0 spiro atoms. The van der Waals surface area contributed by atoms with Crippen LogP contribution in [0.2, 0.25) is 0 Å². The quantitative estimate of drug-likeness (QED) is 0.933. The molecule has 1 aromatic carbocycles. The fraction of sp³-hybridized carbons (Fsp3) is 0.0769. The summed E-state index contributed by atoms with van der Waals surface area (Å²) in [5.74, 6) is -0.813. The standard InChI is InChI=1S/C13H10BrNO2S/c14-11-8-15-6-5-12(11)18-10-3-1-9(2-4-10)7-13(16)17/h1-6,8H,7H2,(H,16,17). The molecule has 0 aliphatic carbocycles. The minimum absolute atomic E-state index is 0.0594. The third-order valence-electron chi connectivity index (χ3n) is 2.24. The molecule has 92 valence electrons. The van der Waals surface area contributed by atoms with E-state index in [-0.39, 0.29) is 6.42 Å². The number of aromatic nitrogens is 1. The smallest absolute Gasteiger partial charge is 0.307 e. The number of benzene rings is 1. The van der Waals surface area contributed by atoms with Gasteiger partial charge < -0.3 is 5.11 Å². The lowest BCUT2D eigenvalue weighted by Crippen LogP contribution is -1.99. The second-order valence-electron chi connectivity index (χ2n) is 3.62. The van der Waals surface area contributed by atoms with Gasteiger partial charge in [-0.2, -0.15) is 0 Å². The Morgan fingerprint density at radius 3 is 2.61 bits per heavy atom. The van der Waals surface area contributed by atoms with Crippen molar-refractivity contribution in [2.75, 3.05) is 0 Å². The normalized spacial score (nSPS) is 10.3. The van der Waals surface area contributed by atoms with Crippen molar-refractivity contribution in [3.05, 3.63) is 52.8 Å². The molecule has 1 N–H and O–H groups in total. The van der Waals surface area contributed by atoms with Crippen LogP contribution < -0.4 is 0 Å². The highest BCUT2D eigenvalue weighted by atomic mass is 79.9. The van der Waals surface area contributed by atoms with E-state index in [2.05, 4.69) is 20.9 Å². The summed E-state index contributed by atoms with van der Waals surface area (Å²) in [7, 11) is 0. The number of carbonyl (C=O) groups is 1.